The molecule has 3 rings (SSSR count). The smallest absolute Gasteiger partial charge is 0.105 e. The minimum Gasteiger partial charge on any atom is -0.369 e. The highest BCUT2D eigenvalue weighted by atomic mass is 15.3. The molecule has 0 saturated carbocycles. The monoisotopic (exact) mass is 312 g/mol. The molecule has 1 aromatic carbocycles. The Labute approximate surface area is 139 Å². The summed E-state index contributed by atoms with van der Waals surface area (Å²) in [6.07, 6.45) is 5.15. The number of benzene rings is 1. The second-order valence-electron chi connectivity index (χ2n) is 6.67. The van der Waals surface area contributed by atoms with Crippen LogP contribution in [0.15, 0.2) is 36.7 Å². The van der Waals surface area contributed by atoms with Gasteiger partial charge < -0.3 is 9.47 Å². The average molecular weight is 312 g/mol. The van der Waals surface area contributed by atoms with E-state index in [0.29, 0.717) is 6.04 Å². The van der Waals surface area contributed by atoms with Crippen molar-refractivity contribution >= 4 is 5.69 Å². The quantitative estimate of drug-likeness (QED) is 0.848. The number of piperazine rings is 1. The molecule has 1 aromatic heterocycles. The lowest BCUT2D eigenvalue weighted by Gasteiger charge is -2.39. The van der Waals surface area contributed by atoms with E-state index in [0.717, 1.165) is 38.5 Å². The van der Waals surface area contributed by atoms with E-state index in [9.17, 15) is 0 Å². The van der Waals surface area contributed by atoms with Crippen LogP contribution in [0.5, 0.6) is 0 Å². The Bertz CT molecular complexity index is 626. The van der Waals surface area contributed by atoms with Crippen molar-refractivity contribution in [2.75, 3.05) is 31.1 Å². The lowest BCUT2D eigenvalue weighted by atomic mass is 10.1. The maximum Gasteiger partial charge on any atom is 0.105 e. The van der Waals surface area contributed by atoms with Crippen LogP contribution in [0.3, 0.4) is 0 Å². The van der Waals surface area contributed by atoms with E-state index in [1.54, 1.807) is 0 Å². The summed E-state index contributed by atoms with van der Waals surface area (Å²) in [7, 11) is 0. The van der Waals surface area contributed by atoms with E-state index in [-0.39, 0.29) is 0 Å². The van der Waals surface area contributed by atoms with Crippen LogP contribution in [-0.2, 0) is 6.54 Å². The largest absolute Gasteiger partial charge is 0.369 e. The van der Waals surface area contributed by atoms with E-state index in [1.807, 2.05) is 6.20 Å². The van der Waals surface area contributed by atoms with Gasteiger partial charge in [0.25, 0.3) is 0 Å². The van der Waals surface area contributed by atoms with Crippen molar-refractivity contribution in [3.05, 3.63) is 48.0 Å². The molecule has 23 heavy (non-hydrogen) atoms. The van der Waals surface area contributed by atoms with Crippen molar-refractivity contribution in [2.45, 2.75) is 39.8 Å². The predicted octanol–water partition coefficient (Wildman–Crippen LogP) is 3.10. The Hall–Kier alpha value is -1.81. The van der Waals surface area contributed by atoms with Crippen molar-refractivity contribution < 1.29 is 0 Å². The molecule has 0 bridgehead atoms. The van der Waals surface area contributed by atoms with Gasteiger partial charge in [0.05, 0.1) is 0 Å². The highest BCUT2D eigenvalue weighted by Crippen LogP contribution is 2.19. The Kier molecular flexibility index (Phi) is 5.01. The number of rotatable bonds is 5. The van der Waals surface area contributed by atoms with Gasteiger partial charge in [0.1, 0.15) is 5.82 Å². The van der Waals surface area contributed by atoms with Gasteiger partial charge in [-0.2, -0.15) is 0 Å². The van der Waals surface area contributed by atoms with Crippen LogP contribution < -0.4 is 4.90 Å². The van der Waals surface area contributed by atoms with E-state index < -0.39 is 0 Å². The summed E-state index contributed by atoms with van der Waals surface area (Å²) in [5, 5.41) is 0. The second-order valence-corrected chi connectivity index (χ2v) is 6.67. The summed E-state index contributed by atoms with van der Waals surface area (Å²) < 4.78 is 2.25. The fourth-order valence-corrected chi connectivity index (χ4v) is 3.39. The Morgan fingerprint density at radius 3 is 2.57 bits per heavy atom. The first-order valence-electron chi connectivity index (χ1n) is 8.67. The molecule has 4 nitrogen and oxygen atoms in total. The molecule has 0 amide bonds. The molecule has 0 N–H and O–H groups in total. The molecule has 0 aliphatic carbocycles. The topological polar surface area (TPSA) is 24.3 Å². The lowest BCUT2D eigenvalue weighted by Crippen LogP contribution is -2.49. The van der Waals surface area contributed by atoms with E-state index in [4.69, 9.17) is 0 Å². The zero-order valence-corrected chi connectivity index (χ0v) is 14.6. The zero-order chi connectivity index (χ0) is 16.2. The highest BCUT2D eigenvalue weighted by Gasteiger charge is 2.21. The summed E-state index contributed by atoms with van der Waals surface area (Å²) in [6.45, 7) is 12.2. The number of imidazole rings is 1. The van der Waals surface area contributed by atoms with Crippen molar-refractivity contribution in [1.82, 2.24) is 14.5 Å². The van der Waals surface area contributed by atoms with Gasteiger partial charge in [0.2, 0.25) is 0 Å². The maximum absolute atomic E-state index is 4.30. The van der Waals surface area contributed by atoms with Crippen molar-refractivity contribution in [3.63, 3.8) is 0 Å². The summed E-state index contributed by atoms with van der Waals surface area (Å²) in [4.78, 5) is 9.43. The average Bonchev–Trinajstić information content (AvgIpc) is 2.98. The molecule has 2 aromatic rings. The van der Waals surface area contributed by atoms with Crippen molar-refractivity contribution in [2.24, 2.45) is 0 Å². The van der Waals surface area contributed by atoms with E-state index >= 15 is 0 Å². The third-order valence-corrected chi connectivity index (χ3v) is 5.02. The van der Waals surface area contributed by atoms with E-state index in [2.05, 4.69) is 70.6 Å². The first kappa shape index (κ1) is 16.1. The van der Waals surface area contributed by atoms with Gasteiger partial charge in [0, 0.05) is 56.8 Å². The van der Waals surface area contributed by atoms with Crippen LogP contribution in [-0.4, -0.2) is 46.7 Å². The van der Waals surface area contributed by atoms with Crippen LogP contribution in [0.2, 0.25) is 0 Å². The number of aryl methyl sites for hydroxylation is 3. The summed E-state index contributed by atoms with van der Waals surface area (Å²) in [5.41, 5.74) is 2.71. The number of hydrogen-bond donors (Lipinski definition) is 0. The minimum atomic E-state index is 0.622. The summed E-state index contributed by atoms with van der Waals surface area (Å²) in [6, 6.07) is 9.47. The van der Waals surface area contributed by atoms with Crippen molar-refractivity contribution in [1.29, 1.82) is 0 Å². The van der Waals surface area contributed by atoms with Gasteiger partial charge in [-0.1, -0.05) is 12.1 Å². The van der Waals surface area contributed by atoms with Crippen LogP contribution >= 0.6 is 0 Å². The molecule has 2 heterocycles. The lowest BCUT2D eigenvalue weighted by molar-refractivity contribution is 0.183. The number of anilines is 1. The van der Waals surface area contributed by atoms with Crippen LogP contribution in [0.1, 0.15) is 24.7 Å². The third kappa shape index (κ3) is 3.94. The molecule has 124 valence electrons. The van der Waals surface area contributed by atoms with Crippen molar-refractivity contribution in [3.8, 4) is 0 Å². The molecule has 0 spiro atoms. The highest BCUT2D eigenvalue weighted by molar-refractivity contribution is 5.48. The third-order valence-electron chi connectivity index (χ3n) is 5.02. The SMILES string of the molecule is Cc1cccc(N2CCN(C(C)CCn3ccnc3C)CC2)c1. The van der Waals surface area contributed by atoms with Gasteiger partial charge in [-0.25, -0.2) is 4.98 Å². The standard InChI is InChI=1S/C19H28N4/c1-16-5-4-6-19(15-16)23-13-11-21(12-14-23)17(2)7-9-22-10-8-20-18(22)3/h4-6,8,10,15,17H,7,9,11-14H2,1-3H3. The molecule has 1 unspecified atom stereocenters. The maximum atomic E-state index is 4.30. The Balaban J connectivity index is 1.49. The van der Waals surface area contributed by atoms with Gasteiger partial charge in [0.15, 0.2) is 0 Å². The fraction of sp³-hybridized carbons (Fsp3) is 0.526. The minimum absolute atomic E-state index is 0.622. The first-order chi connectivity index (χ1) is 11.1. The van der Waals surface area contributed by atoms with E-state index in [1.165, 1.54) is 17.7 Å². The Morgan fingerprint density at radius 1 is 1.13 bits per heavy atom. The second kappa shape index (κ2) is 7.18. The van der Waals surface area contributed by atoms with Crippen LogP contribution in [0, 0.1) is 13.8 Å². The van der Waals surface area contributed by atoms with Gasteiger partial charge in [-0.15, -0.1) is 0 Å². The summed E-state index contributed by atoms with van der Waals surface area (Å²) in [5.74, 6) is 1.11. The summed E-state index contributed by atoms with van der Waals surface area (Å²) >= 11 is 0. The molecule has 1 saturated heterocycles. The first-order valence-corrected chi connectivity index (χ1v) is 8.67. The molecular formula is C19H28N4. The normalized spacial score (nSPS) is 17.4. The van der Waals surface area contributed by atoms with Gasteiger partial charge >= 0.3 is 0 Å². The zero-order valence-electron chi connectivity index (χ0n) is 14.6. The molecular weight excluding hydrogens is 284 g/mol. The number of nitrogens with zero attached hydrogens (tertiary/aromatic N) is 4. The number of aromatic nitrogens is 2. The van der Waals surface area contributed by atoms with Crippen LogP contribution in [0.4, 0.5) is 5.69 Å². The predicted molar refractivity (Wildman–Crippen MR) is 96.0 cm³/mol. The molecule has 0 radical (unpaired) electrons. The molecule has 1 fully saturated rings. The molecule has 4 heteroatoms. The molecule has 1 atom stereocenters. The fourth-order valence-electron chi connectivity index (χ4n) is 3.39. The molecule has 1 aliphatic heterocycles. The Morgan fingerprint density at radius 2 is 1.91 bits per heavy atom. The van der Waals surface area contributed by atoms with Crippen LogP contribution in [0.25, 0.3) is 0 Å². The van der Waals surface area contributed by atoms with Gasteiger partial charge in [-0.05, 0) is 44.9 Å². The number of hydrogen-bond acceptors (Lipinski definition) is 3. The molecule has 1 aliphatic rings. The van der Waals surface area contributed by atoms with Gasteiger partial charge in [-0.3, -0.25) is 4.90 Å².